The van der Waals surface area contributed by atoms with E-state index in [1.165, 1.54) is 6.92 Å². The second-order valence-electron chi connectivity index (χ2n) is 9.77. The van der Waals surface area contributed by atoms with Gasteiger partial charge in [-0.05, 0) is 42.3 Å². The van der Waals surface area contributed by atoms with Crippen molar-refractivity contribution in [1.29, 1.82) is 0 Å². The molecule has 4 N–H and O–H groups in total. The van der Waals surface area contributed by atoms with Gasteiger partial charge in [0.2, 0.25) is 5.60 Å². The third-order valence-corrected chi connectivity index (χ3v) is 8.38. The van der Waals surface area contributed by atoms with Crippen molar-refractivity contribution in [3.63, 3.8) is 0 Å². The SMILES string of the molecule is CCCCOC(=O)[C@H](C)NP(=O)(OC[C@H]1O[C@@H](n2ccc(=O)[nH]c2=O)[C@@](O)(C#CCl)C1O)Oc1cccc2ccccc12. The lowest BCUT2D eigenvalue weighted by atomic mass is 9.95. The number of nitrogens with one attached hydrogen (secondary N) is 2. The Labute approximate surface area is 251 Å². The minimum atomic E-state index is -4.44. The first-order chi connectivity index (χ1) is 20.5. The van der Waals surface area contributed by atoms with Crippen molar-refractivity contribution >= 4 is 36.1 Å². The molecule has 6 atom stereocenters. The summed E-state index contributed by atoms with van der Waals surface area (Å²) in [7, 11) is -4.44. The number of hydrogen-bond donors (Lipinski definition) is 4. The van der Waals surface area contributed by atoms with E-state index in [2.05, 4.69) is 11.0 Å². The molecule has 0 amide bonds. The zero-order valence-corrected chi connectivity index (χ0v) is 24.9. The van der Waals surface area contributed by atoms with E-state index in [1.54, 1.807) is 24.3 Å². The minimum absolute atomic E-state index is 0.171. The summed E-state index contributed by atoms with van der Waals surface area (Å²) in [4.78, 5) is 38.6. The number of aliphatic hydroxyl groups is 2. The van der Waals surface area contributed by atoms with Gasteiger partial charge in [-0.15, -0.1) is 0 Å². The number of aromatic nitrogens is 2. The maximum atomic E-state index is 14.2. The second-order valence-corrected chi connectivity index (χ2v) is 11.7. The number of nitrogens with zero attached hydrogens (tertiary/aromatic N) is 1. The molecule has 1 aromatic heterocycles. The van der Waals surface area contributed by atoms with Gasteiger partial charge in [-0.3, -0.25) is 23.7 Å². The van der Waals surface area contributed by atoms with E-state index in [0.717, 1.165) is 28.6 Å². The van der Waals surface area contributed by atoms with Crippen molar-refractivity contribution in [2.75, 3.05) is 13.2 Å². The fraction of sp³-hybridized carbons (Fsp3) is 0.393. The summed E-state index contributed by atoms with van der Waals surface area (Å²) < 4.78 is 37.5. The third-order valence-electron chi connectivity index (χ3n) is 6.66. The molecule has 0 saturated carbocycles. The number of aromatic amines is 1. The molecule has 230 valence electrons. The van der Waals surface area contributed by atoms with Crippen LogP contribution in [0.4, 0.5) is 0 Å². The monoisotopic (exact) mass is 635 g/mol. The van der Waals surface area contributed by atoms with Crippen LogP contribution < -0.4 is 20.9 Å². The topological polar surface area (TPSA) is 178 Å². The van der Waals surface area contributed by atoms with Crippen LogP contribution in [0.3, 0.4) is 0 Å². The molecule has 0 radical (unpaired) electrons. The van der Waals surface area contributed by atoms with Gasteiger partial charge in [0.25, 0.3) is 5.56 Å². The van der Waals surface area contributed by atoms with Crippen molar-refractivity contribution in [2.24, 2.45) is 0 Å². The molecule has 0 aliphatic carbocycles. The Morgan fingerprint density at radius 1 is 1.26 bits per heavy atom. The van der Waals surface area contributed by atoms with Gasteiger partial charge < -0.3 is 24.2 Å². The minimum Gasteiger partial charge on any atom is -0.465 e. The molecule has 0 bridgehead atoms. The number of benzene rings is 2. The Bertz CT molecular complexity index is 1680. The standard InChI is InChI=1S/C28H31ClN3O10P/c1-3-4-16-39-25(35)18(2)31-43(38,42-21-11-7-9-19-8-5-6-10-20(19)21)40-17-22-24(34)28(37,13-14-29)26(41-22)32-15-12-23(33)30-27(32)36/h5-12,15,18,22,24,26,34,37H,3-4,16-17H2,1-2H3,(H,31,38)(H,30,33,36)/t18-,22+,24?,26+,28+,43?/m0/s1. The number of aliphatic hydroxyl groups excluding tert-OH is 1. The lowest BCUT2D eigenvalue weighted by Gasteiger charge is -2.26. The number of esters is 1. The van der Waals surface area contributed by atoms with Crippen LogP contribution in [0.25, 0.3) is 10.8 Å². The molecule has 15 heteroatoms. The van der Waals surface area contributed by atoms with Gasteiger partial charge >= 0.3 is 19.4 Å². The van der Waals surface area contributed by atoms with E-state index >= 15 is 0 Å². The molecule has 4 rings (SSSR count). The number of H-pyrrole nitrogens is 1. The van der Waals surface area contributed by atoms with Crippen LogP contribution in [0.2, 0.25) is 0 Å². The maximum Gasteiger partial charge on any atom is 0.459 e. The summed E-state index contributed by atoms with van der Waals surface area (Å²) in [6.07, 6.45) is -2.44. The number of rotatable bonds is 12. The molecule has 1 saturated heterocycles. The van der Waals surface area contributed by atoms with Gasteiger partial charge in [0.1, 0.15) is 24.0 Å². The van der Waals surface area contributed by atoms with Crippen molar-refractivity contribution in [1.82, 2.24) is 14.6 Å². The summed E-state index contributed by atoms with van der Waals surface area (Å²) in [5.41, 5.74) is -4.10. The fourth-order valence-electron chi connectivity index (χ4n) is 4.40. The number of ether oxygens (including phenoxy) is 2. The van der Waals surface area contributed by atoms with Crippen LogP contribution in [0.1, 0.15) is 32.9 Å². The summed E-state index contributed by atoms with van der Waals surface area (Å²) in [6, 6.07) is 12.1. The lowest BCUT2D eigenvalue weighted by molar-refractivity contribution is -0.145. The number of carbonyl (C=O) groups excluding carboxylic acids is 1. The molecule has 0 spiro atoms. The number of fused-ring (bicyclic) bond motifs is 1. The molecule has 43 heavy (non-hydrogen) atoms. The molecule has 2 unspecified atom stereocenters. The van der Waals surface area contributed by atoms with Gasteiger partial charge in [0.05, 0.1) is 13.2 Å². The Morgan fingerprint density at radius 2 is 2.00 bits per heavy atom. The van der Waals surface area contributed by atoms with E-state index in [-0.39, 0.29) is 12.4 Å². The van der Waals surface area contributed by atoms with Crippen LogP contribution >= 0.6 is 19.3 Å². The van der Waals surface area contributed by atoms with Crippen LogP contribution in [0.5, 0.6) is 5.75 Å². The maximum absolute atomic E-state index is 14.2. The molecule has 2 heterocycles. The van der Waals surface area contributed by atoms with E-state index in [0.29, 0.717) is 11.8 Å². The first-order valence-electron chi connectivity index (χ1n) is 13.4. The van der Waals surface area contributed by atoms with Crippen LogP contribution in [-0.2, 0) is 23.4 Å². The Hall–Kier alpha value is -3.47. The fourth-order valence-corrected chi connectivity index (χ4v) is 6.08. The molecule has 3 aromatic rings. The van der Waals surface area contributed by atoms with Crippen molar-refractivity contribution in [3.8, 4) is 17.0 Å². The van der Waals surface area contributed by atoms with Crippen LogP contribution in [0, 0.1) is 11.3 Å². The Balaban J connectivity index is 1.62. The van der Waals surface area contributed by atoms with Crippen molar-refractivity contribution < 1.29 is 38.1 Å². The molecule has 2 aromatic carbocycles. The highest BCUT2D eigenvalue weighted by molar-refractivity contribution is 7.52. The largest absolute Gasteiger partial charge is 0.465 e. The van der Waals surface area contributed by atoms with Gasteiger partial charge in [0.15, 0.2) is 6.23 Å². The highest BCUT2D eigenvalue weighted by Crippen LogP contribution is 2.48. The van der Waals surface area contributed by atoms with Gasteiger partial charge in [-0.1, -0.05) is 49.7 Å². The first kappa shape index (κ1) is 32.4. The molecule has 1 fully saturated rings. The van der Waals surface area contributed by atoms with Gasteiger partial charge in [-0.25, -0.2) is 9.36 Å². The van der Waals surface area contributed by atoms with E-state index in [9.17, 15) is 29.2 Å². The van der Waals surface area contributed by atoms with E-state index in [1.807, 2.05) is 35.5 Å². The second kappa shape index (κ2) is 13.9. The zero-order valence-electron chi connectivity index (χ0n) is 23.3. The molecule has 1 aliphatic heterocycles. The smallest absolute Gasteiger partial charge is 0.459 e. The van der Waals surface area contributed by atoms with Gasteiger partial charge in [-0.2, -0.15) is 5.09 Å². The molecular formula is C28H31ClN3O10P. The molecule has 1 aliphatic rings. The third kappa shape index (κ3) is 7.37. The van der Waals surface area contributed by atoms with Crippen molar-refractivity contribution in [2.45, 2.75) is 56.8 Å². The normalized spacial score (nSPS) is 23.6. The quantitative estimate of drug-likeness (QED) is 0.0994. The summed E-state index contributed by atoms with van der Waals surface area (Å²) in [5, 5.41) is 28.2. The number of unbranched alkanes of at least 4 members (excludes halogenated alkanes) is 1. The summed E-state index contributed by atoms with van der Waals surface area (Å²) in [6.45, 7) is 2.86. The van der Waals surface area contributed by atoms with Crippen LogP contribution in [-0.4, -0.2) is 62.8 Å². The predicted molar refractivity (Wildman–Crippen MR) is 156 cm³/mol. The molecule has 13 nitrogen and oxygen atoms in total. The zero-order chi connectivity index (χ0) is 31.2. The van der Waals surface area contributed by atoms with Crippen molar-refractivity contribution in [3.05, 3.63) is 75.6 Å². The summed E-state index contributed by atoms with van der Waals surface area (Å²) in [5.74, 6) is 1.71. The predicted octanol–water partition coefficient (Wildman–Crippen LogP) is 2.40. The average molecular weight is 636 g/mol. The molecular weight excluding hydrogens is 605 g/mol. The van der Waals surface area contributed by atoms with E-state index in [4.69, 9.17) is 30.1 Å². The summed E-state index contributed by atoms with van der Waals surface area (Å²) >= 11 is 5.54. The lowest BCUT2D eigenvalue weighted by Crippen LogP contribution is -2.48. The first-order valence-corrected chi connectivity index (χ1v) is 15.3. The van der Waals surface area contributed by atoms with Gasteiger partial charge in [0, 0.05) is 23.0 Å². The van der Waals surface area contributed by atoms with E-state index < -0.39 is 61.7 Å². The average Bonchev–Trinajstić information content (AvgIpc) is 3.21. The Kier molecular flexibility index (Phi) is 10.5. The highest BCUT2D eigenvalue weighted by atomic mass is 35.5. The number of hydrogen-bond acceptors (Lipinski definition) is 10. The Morgan fingerprint density at radius 3 is 2.72 bits per heavy atom. The number of halogens is 1. The highest BCUT2D eigenvalue weighted by Gasteiger charge is 2.56. The van der Waals surface area contributed by atoms with Crippen LogP contribution in [0.15, 0.2) is 64.3 Å². The number of carbonyl (C=O) groups is 1.